The predicted molar refractivity (Wildman–Crippen MR) is 59.7 cm³/mol. The second-order valence-electron chi connectivity index (χ2n) is 3.46. The van der Waals surface area contributed by atoms with E-state index in [1.54, 1.807) is 6.92 Å². The van der Waals surface area contributed by atoms with E-state index in [-0.39, 0.29) is 24.9 Å². The first kappa shape index (κ1) is 14.9. The molecular weight excluding hydrogens is 210 g/mol. The molecule has 16 heavy (non-hydrogen) atoms. The molecule has 94 valence electrons. The van der Waals surface area contributed by atoms with Gasteiger partial charge in [0.25, 0.3) is 0 Å². The zero-order valence-corrected chi connectivity index (χ0v) is 10.0. The first-order valence-electron chi connectivity index (χ1n) is 5.69. The van der Waals surface area contributed by atoms with E-state index < -0.39 is 6.10 Å². The maximum Gasteiger partial charge on any atom is 0.309 e. The second-order valence-corrected chi connectivity index (χ2v) is 3.46. The van der Waals surface area contributed by atoms with Crippen molar-refractivity contribution in [2.45, 2.75) is 45.6 Å². The standard InChI is InChI=1S/C11H21NO4/c1-3-5-6-10(13)16-9(8-12)7-11(14)15-4-2/h9H,3-8,12H2,1-2H3/t9-/m1/s1. The molecule has 5 heteroatoms. The molecule has 0 fully saturated rings. The van der Waals surface area contributed by atoms with Crippen LogP contribution in [0.15, 0.2) is 0 Å². The van der Waals surface area contributed by atoms with Crippen molar-refractivity contribution in [3.8, 4) is 0 Å². The molecule has 5 nitrogen and oxygen atoms in total. The van der Waals surface area contributed by atoms with Crippen LogP contribution in [0.3, 0.4) is 0 Å². The minimum atomic E-state index is -0.566. The largest absolute Gasteiger partial charge is 0.466 e. The molecule has 0 radical (unpaired) electrons. The Morgan fingerprint density at radius 2 is 1.94 bits per heavy atom. The van der Waals surface area contributed by atoms with Crippen molar-refractivity contribution in [2.75, 3.05) is 13.2 Å². The van der Waals surface area contributed by atoms with Gasteiger partial charge in [0, 0.05) is 13.0 Å². The lowest BCUT2D eigenvalue weighted by Gasteiger charge is -2.14. The molecule has 2 N–H and O–H groups in total. The van der Waals surface area contributed by atoms with Crippen LogP contribution in [-0.4, -0.2) is 31.2 Å². The maximum atomic E-state index is 11.3. The van der Waals surface area contributed by atoms with E-state index >= 15 is 0 Å². The molecule has 0 aromatic heterocycles. The summed E-state index contributed by atoms with van der Waals surface area (Å²) in [5, 5.41) is 0. The first-order chi connectivity index (χ1) is 7.63. The van der Waals surface area contributed by atoms with Crippen molar-refractivity contribution in [1.29, 1.82) is 0 Å². The summed E-state index contributed by atoms with van der Waals surface area (Å²) in [6, 6.07) is 0. The summed E-state index contributed by atoms with van der Waals surface area (Å²) in [5.41, 5.74) is 5.41. The Balaban J connectivity index is 3.90. The summed E-state index contributed by atoms with van der Waals surface area (Å²) in [7, 11) is 0. The number of hydrogen-bond acceptors (Lipinski definition) is 5. The fraction of sp³-hybridized carbons (Fsp3) is 0.818. The topological polar surface area (TPSA) is 78.6 Å². The number of nitrogens with two attached hydrogens (primary N) is 1. The molecule has 0 aromatic carbocycles. The van der Waals surface area contributed by atoms with E-state index in [2.05, 4.69) is 0 Å². The molecule has 0 saturated heterocycles. The number of carbonyl (C=O) groups excluding carboxylic acids is 2. The molecule has 1 atom stereocenters. The fourth-order valence-electron chi connectivity index (χ4n) is 1.14. The van der Waals surface area contributed by atoms with Gasteiger partial charge in [0.15, 0.2) is 0 Å². The van der Waals surface area contributed by atoms with Crippen LogP contribution < -0.4 is 5.73 Å². The lowest BCUT2D eigenvalue weighted by Crippen LogP contribution is -2.29. The van der Waals surface area contributed by atoms with E-state index in [4.69, 9.17) is 15.2 Å². The molecule has 0 aliphatic carbocycles. The van der Waals surface area contributed by atoms with Crippen LogP contribution in [0.4, 0.5) is 0 Å². The molecule has 0 bridgehead atoms. The third kappa shape index (κ3) is 7.23. The number of esters is 2. The van der Waals surface area contributed by atoms with Gasteiger partial charge in [0.2, 0.25) is 0 Å². The van der Waals surface area contributed by atoms with Crippen molar-refractivity contribution in [1.82, 2.24) is 0 Å². The van der Waals surface area contributed by atoms with Gasteiger partial charge in [-0.05, 0) is 13.3 Å². The molecule has 0 spiro atoms. The van der Waals surface area contributed by atoms with E-state index in [0.717, 1.165) is 12.8 Å². The summed E-state index contributed by atoms with van der Waals surface area (Å²) >= 11 is 0. The summed E-state index contributed by atoms with van der Waals surface area (Å²) in [4.78, 5) is 22.4. The third-order valence-electron chi connectivity index (χ3n) is 2.00. The van der Waals surface area contributed by atoms with E-state index in [1.165, 1.54) is 0 Å². The molecule has 0 aromatic rings. The molecule has 0 rings (SSSR count). The smallest absolute Gasteiger partial charge is 0.309 e. The van der Waals surface area contributed by atoms with Crippen LogP contribution in [0.2, 0.25) is 0 Å². The highest BCUT2D eigenvalue weighted by atomic mass is 16.6. The second kappa shape index (κ2) is 9.15. The number of rotatable bonds is 8. The summed E-state index contributed by atoms with van der Waals surface area (Å²) in [6.45, 7) is 4.17. The van der Waals surface area contributed by atoms with Crippen molar-refractivity contribution in [3.05, 3.63) is 0 Å². The van der Waals surface area contributed by atoms with Crippen LogP contribution in [0, 0.1) is 0 Å². The van der Waals surface area contributed by atoms with Crippen LogP contribution in [0.25, 0.3) is 0 Å². The van der Waals surface area contributed by atoms with Crippen LogP contribution >= 0.6 is 0 Å². The average molecular weight is 231 g/mol. The van der Waals surface area contributed by atoms with Crippen molar-refractivity contribution in [2.24, 2.45) is 5.73 Å². The first-order valence-corrected chi connectivity index (χ1v) is 5.69. The molecule has 0 aliphatic rings. The Bertz CT molecular complexity index is 218. The quantitative estimate of drug-likeness (QED) is 0.630. The van der Waals surface area contributed by atoms with Crippen molar-refractivity contribution in [3.63, 3.8) is 0 Å². The Morgan fingerprint density at radius 1 is 1.25 bits per heavy atom. The normalized spacial score (nSPS) is 11.9. The van der Waals surface area contributed by atoms with Crippen molar-refractivity contribution < 1.29 is 19.1 Å². The summed E-state index contributed by atoms with van der Waals surface area (Å²) in [5.74, 6) is -0.692. The lowest BCUT2D eigenvalue weighted by molar-refractivity contribution is -0.154. The minimum Gasteiger partial charge on any atom is -0.466 e. The van der Waals surface area contributed by atoms with Gasteiger partial charge in [-0.15, -0.1) is 0 Å². The van der Waals surface area contributed by atoms with Gasteiger partial charge < -0.3 is 15.2 Å². The minimum absolute atomic E-state index is 0.0300. The molecule has 0 heterocycles. The highest BCUT2D eigenvalue weighted by Gasteiger charge is 2.17. The molecule has 0 saturated carbocycles. The molecule has 0 unspecified atom stereocenters. The molecular formula is C11H21NO4. The Kier molecular flexibility index (Phi) is 8.52. The Morgan fingerprint density at radius 3 is 2.44 bits per heavy atom. The highest BCUT2D eigenvalue weighted by molar-refractivity contribution is 5.72. The van der Waals surface area contributed by atoms with E-state index in [1.807, 2.05) is 6.92 Å². The van der Waals surface area contributed by atoms with Gasteiger partial charge in [0.1, 0.15) is 6.10 Å². The van der Waals surface area contributed by atoms with E-state index in [0.29, 0.717) is 13.0 Å². The van der Waals surface area contributed by atoms with Gasteiger partial charge in [-0.3, -0.25) is 9.59 Å². The van der Waals surface area contributed by atoms with Gasteiger partial charge in [-0.2, -0.15) is 0 Å². The van der Waals surface area contributed by atoms with Crippen LogP contribution in [-0.2, 0) is 19.1 Å². The van der Waals surface area contributed by atoms with Gasteiger partial charge >= 0.3 is 11.9 Å². The third-order valence-corrected chi connectivity index (χ3v) is 2.00. The lowest BCUT2D eigenvalue weighted by atomic mass is 10.2. The molecule has 0 aliphatic heterocycles. The zero-order chi connectivity index (χ0) is 12.4. The zero-order valence-electron chi connectivity index (χ0n) is 10.0. The van der Waals surface area contributed by atoms with E-state index in [9.17, 15) is 9.59 Å². The number of unbranched alkanes of at least 4 members (excludes halogenated alkanes) is 1. The van der Waals surface area contributed by atoms with Crippen LogP contribution in [0.5, 0.6) is 0 Å². The monoisotopic (exact) mass is 231 g/mol. The SMILES string of the molecule is CCCCC(=O)O[C@@H](CN)CC(=O)OCC. The van der Waals surface area contributed by atoms with Gasteiger partial charge in [-0.1, -0.05) is 13.3 Å². The summed E-state index contributed by atoms with van der Waals surface area (Å²) < 4.78 is 9.81. The Hall–Kier alpha value is -1.10. The van der Waals surface area contributed by atoms with Gasteiger partial charge in [-0.25, -0.2) is 0 Å². The van der Waals surface area contributed by atoms with Gasteiger partial charge in [0.05, 0.1) is 13.0 Å². The summed E-state index contributed by atoms with van der Waals surface area (Å²) in [6.07, 6.45) is 1.55. The number of ether oxygens (including phenoxy) is 2. The molecule has 0 amide bonds. The predicted octanol–water partition coefficient (Wildman–Crippen LogP) is 1.00. The maximum absolute atomic E-state index is 11.3. The van der Waals surface area contributed by atoms with Crippen molar-refractivity contribution >= 4 is 11.9 Å². The fourth-order valence-corrected chi connectivity index (χ4v) is 1.14. The average Bonchev–Trinajstić information content (AvgIpc) is 2.25. The number of hydrogen-bond donors (Lipinski definition) is 1. The van der Waals surface area contributed by atoms with Crippen LogP contribution in [0.1, 0.15) is 39.5 Å². The highest BCUT2D eigenvalue weighted by Crippen LogP contribution is 2.04. The number of carbonyl (C=O) groups is 2. The Labute approximate surface area is 96.3 Å².